The molecule has 0 amide bonds. The molecule has 1 aromatic carbocycles. The molecule has 0 fully saturated rings. The maximum atomic E-state index is 9.05. The molecule has 4 nitrogen and oxygen atoms in total. The van der Waals surface area contributed by atoms with E-state index in [0.717, 1.165) is 11.3 Å². The van der Waals surface area contributed by atoms with Crippen LogP contribution in [0.2, 0.25) is 5.02 Å². The van der Waals surface area contributed by atoms with Crippen molar-refractivity contribution >= 4 is 17.4 Å². The number of hydrogen-bond donors (Lipinski definition) is 1. The number of rotatable bonds is 3. The van der Waals surface area contributed by atoms with Crippen LogP contribution < -0.4 is 5.73 Å². The minimum Gasteiger partial charge on any atom is -0.383 e. The molecule has 5 heteroatoms. The lowest BCUT2D eigenvalue weighted by Crippen LogP contribution is -2.06. The lowest BCUT2D eigenvalue weighted by Gasteiger charge is -2.05. The highest BCUT2D eigenvalue weighted by Gasteiger charge is 2.14. The Morgan fingerprint density at radius 3 is 2.72 bits per heavy atom. The summed E-state index contributed by atoms with van der Waals surface area (Å²) < 4.78 is 1.62. The van der Waals surface area contributed by atoms with E-state index in [2.05, 4.69) is 11.2 Å². The Labute approximate surface area is 111 Å². The smallest absolute Gasteiger partial charge is 0.140 e. The van der Waals surface area contributed by atoms with Crippen LogP contribution >= 0.6 is 11.6 Å². The Hall–Kier alpha value is -1.99. The number of aryl methyl sites for hydroxylation is 1. The van der Waals surface area contributed by atoms with E-state index in [1.165, 1.54) is 0 Å². The van der Waals surface area contributed by atoms with Gasteiger partial charge in [-0.2, -0.15) is 10.4 Å². The summed E-state index contributed by atoms with van der Waals surface area (Å²) in [6.07, 6.45) is 0.683. The number of nitrogen functional groups attached to an aromatic ring is 1. The summed E-state index contributed by atoms with van der Waals surface area (Å²) in [5, 5.41) is 14.1. The van der Waals surface area contributed by atoms with Crippen molar-refractivity contribution in [3.8, 4) is 6.07 Å². The maximum absolute atomic E-state index is 9.05. The number of nitrogens with zero attached hydrogens (tertiary/aromatic N) is 3. The summed E-state index contributed by atoms with van der Waals surface area (Å²) >= 11 is 6.09. The molecule has 0 unspecified atom stereocenters. The van der Waals surface area contributed by atoms with E-state index >= 15 is 0 Å². The first kappa shape index (κ1) is 12.5. The topological polar surface area (TPSA) is 67.6 Å². The average Bonchev–Trinajstić information content (AvgIpc) is 2.68. The molecule has 0 spiro atoms. The van der Waals surface area contributed by atoms with Gasteiger partial charge < -0.3 is 5.73 Å². The number of hydrogen-bond acceptors (Lipinski definition) is 3. The summed E-state index contributed by atoms with van der Waals surface area (Å²) in [7, 11) is 0. The predicted molar refractivity (Wildman–Crippen MR) is 71.3 cm³/mol. The molecule has 2 rings (SSSR count). The fourth-order valence-electron chi connectivity index (χ4n) is 1.80. The number of benzene rings is 1. The Morgan fingerprint density at radius 2 is 2.17 bits per heavy atom. The van der Waals surface area contributed by atoms with Crippen LogP contribution in [-0.4, -0.2) is 9.78 Å². The summed E-state index contributed by atoms with van der Waals surface area (Å²) in [5.41, 5.74) is 8.04. The molecule has 0 aliphatic carbocycles. The predicted octanol–water partition coefficient (Wildman–Crippen LogP) is 2.60. The van der Waals surface area contributed by atoms with Gasteiger partial charge >= 0.3 is 0 Å². The molecular weight excluding hydrogens is 248 g/mol. The van der Waals surface area contributed by atoms with E-state index < -0.39 is 0 Å². The third-order valence-electron chi connectivity index (χ3n) is 2.79. The molecular formula is C13H13ClN4. The molecule has 2 aromatic rings. The summed E-state index contributed by atoms with van der Waals surface area (Å²) in [6.45, 7) is 2.42. The van der Waals surface area contributed by atoms with Crippen molar-refractivity contribution in [3.05, 3.63) is 46.1 Å². The fraction of sp³-hybridized carbons (Fsp3) is 0.231. The van der Waals surface area contributed by atoms with Crippen molar-refractivity contribution < 1.29 is 0 Å². The fourth-order valence-corrected chi connectivity index (χ4v) is 2.00. The number of anilines is 1. The van der Waals surface area contributed by atoms with E-state index in [4.69, 9.17) is 22.6 Å². The van der Waals surface area contributed by atoms with Crippen LogP contribution in [0, 0.1) is 11.3 Å². The van der Waals surface area contributed by atoms with Gasteiger partial charge in [0.1, 0.15) is 17.5 Å². The molecule has 18 heavy (non-hydrogen) atoms. The molecule has 0 saturated heterocycles. The number of nitrogens with two attached hydrogens (primary N) is 1. The quantitative estimate of drug-likeness (QED) is 0.922. The van der Waals surface area contributed by atoms with Gasteiger partial charge in [0.15, 0.2) is 0 Å². The van der Waals surface area contributed by atoms with Gasteiger partial charge in [-0.25, -0.2) is 4.68 Å². The van der Waals surface area contributed by atoms with Crippen LogP contribution in [0.1, 0.15) is 23.7 Å². The largest absolute Gasteiger partial charge is 0.383 e. The van der Waals surface area contributed by atoms with Gasteiger partial charge in [0, 0.05) is 5.02 Å². The molecule has 0 saturated carbocycles. The highest BCUT2D eigenvalue weighted by Crippen LogP contribution is 2.21. The van der Waals surface area contributed by atoms with Crippen LogP contribution in [0.15, 0.2) is 24.3 Å². The van der Waals surface area contributed by atoms with Crippen LogP contribution in [0.4, 0.5) is 5.82 Å². The van der Waals surface area contributed by atoms with E-state index in [9.17, 15) is 0 Å². The second kappa shape index (κ2) is 5.11. The number of nitriles is 1. The second-order valence-corrected chi connectivity index (χ2v) is 4.33. The maximum Gasteiger partial charge on any atom is 0.140 e. The molecule has 0 aliphatic rings. The summed E-state index contributed by atoms with van der Waals surface area (Å²) in [6, 6.07) is 9.62. The Morgan fingerprint density at radius 1 is 1.44 bits per heavy atom. The van der Waals surface area contributed by atoms with Gasteiger partial charge in [0.05, 0.1) is 12.2 Å². The second-order valence-electron chi connectivity index (χ2n) is 3.92. The first-order valence-electron chi connectivity index (χ1n) is 5.66. The minimum absolute atomic E-state index is 0.397. The molecule has 0 aliphatic heterocycles. The SMILES string of the molecule is CCc1nn(Cc2ccccc2Cl)c(N)c1C#N. The standard InChI is InChI=1S/C13H13ClN4/c1-2-12-10(7-15)13(16)18(17-12)8-9-5-3-4-6-11(9)14/h3-6H,2,8,16H2,1H3. The highest BCUT2D eigenvalue weighted by atomic mass is 35.5. The van der Waals surface area contributed by atoms with Gasteiger partial charge in [0.2, 0.25) is 0 Å². The molecule has 2 N–H and O–H groups in total. The minimum atomic E-state index is 0.397. The number of halogens is 1. The molecule has 1 aromatic heterocycles. The first-order chi connectivity index (χ1) is 8.67. The van der Waals surface area contributed by atoms with Gasteiger partial charge in [-0.3, -0.25) is 0 Å². The van der Waals surface area contributed by atoms with Crippen LogP contribution in [0.25, 0.3) is 0 Å². The molecule has 92 valence electrons. The van der Waals surface area contributed by atoms with Crippen LogP contribution in [-0.2, 0) is 13.0 Å². The van der Waals surface area contributed by atoms with Crippen molar-refractivity contribution in [2.24, 2.45) is 0 Å². The summed E-state index contributed by atoms with van der Waals surface area (Å²) in [5.74, 6) is 0.397. The molecule has 0 radical (unpaired) electrons. The van der Waals surface area contributed by atoms with Crippen LogP contribution in [0.3, 0.4) is 0 Å². The van der Waals surface area contributed by atoms with E-state index in [1.54, 1.807) is 4.68 Å². The average molecular weight is 261 g/mol. The third kappa shape index (κ3) is 2.18. The number of aromatic nitrogens is 2. The Bertz CT molecular complexity index is 610. The summed E-state index contributed by atoms with van der Waals surface area (Å²) in [4.78, 5) is 0. The van der Waals surface area contributed by atoms with E-state index in [0.29, 0.717) is 29.4 Å². The van der Waals surface area contributed by atoms with Gasteiger partial charge in [-0.05, 0) is 18.1 Å². The zero-order chi connectivity index (χ0) is 13.1. The Kier molecular flexibility index (Phi) is 3.54. The monoisotopic (exact) mass is 260 g/mol. The van der Waals surface area contributed by atoms with Gasteiger partial charge in [-0.15, -0.1) is 0 Å². The lowest BCUT2D eigenvalue weighted by molar-refractivity contribution is 0.683. The van der Waals surface area contributed by atoms with Crippen molar-refractivity contribution in [1.82, 2.24) is 9.78 Å². The Balaban J connectivity index is 2.39. The van der Waals surface area contributed by atoms with Crippen molar-refractivity contribution in [2.75, 3.05) is 5.73 Å². The van der Waals surface area contributed by atoms with Gasteiger partial charge in [0.25, 0.3) is 0 Å². The zero-order valence-corrected chi connectivity index (χ0v) is 10.8. The zero-order valence-electron chi connectivity index (χ0n) is 10.0. The van der Waals surface area contributed by atoms with Crippen molar-refractivity contribution in [1.29, 1.82) is 5.26 Å². The molecule has 1 heterocycles. The lowest BCUT2D eigenvalue weighted by atomic mass is 10.2. The van der Waals surface area contributed by atoms with Crippen LogP contribution in [0.5, 0.6) is 0 Å². The van der Waals surface area contributed by atoms with E-state index in [-0.39, 0.29) is 0 Å². The van der Waals surface area contributed by atoms with E-state index in [1.807, 2.05) is 31.2 Å². The molecule has 0 bridgehead atoms. The highest BCUT2D eigenvalue weighted by molar-refractivity contribution is 6.31. The normalized spacial score (nSPS) is 10.3. The first-order valence-corrected chi connectivity index (χ1v) is 6.03. The van der Waals surface area contributed by atoms with Crippen molar-refractivity contribution in [3.63, 3.8) is 0 Å². The van der Waals surface area contributed by atoms with Gasteiger partial charge in [-0.1, -0.05) is 36.7 Å². The molecule has 0 atom stereocenters. The third-order valence-corrected chi connectivity index (χ3v) is 3.16. The van der Waals surface area contributed by atoms with Crippen molar-refractivity contribution in [2.45, 2.75) is 19.9 Å².